The molecular weight excluding hydrogens is 367 g/mol. The Morgan fingerprint density at radius 3 is 2.66 bits per heavy atom. The fourth-order valence-corrected chi connectivity index (χ4v) is 3.81. The predicted octanol–water partition coefficient (Wildman–Crippen LogP) is 3.46. The summed E-state index contributed by atoms with van der Waals surface area (Å²) in [4.78, 5) is 8.72. The first-order chi connectivity index (χ1) is 14.0. The van der Waals surface area contributed by atoms with Gasteiger partial charge in [0.2, 0.25) is 0 Å². The first-order valence-electron chi connectivity index (χ1n) is 10.0. The fraction of sp³-hybridized carbons (Fsp3) is 0.435. The Morgan fingerprint density at radius 2 is 2.00 bits per heavy atom. The molecule has 0 aliphatic carbocycles. The van der Waals surface area contributed by atoms with E-state index in [0.29, 0.717) is 24.6 Å². The summed E-state index contributed by atoms with van der Waals surface area (Å²) in [5, 5.41) is 3.44. The molecule has 0 aromatic heterocycles. The lowest BCUT2D eigenvalue weighted by molar-refractivity contribution is 0.392. The van der Waals surface area contributed by atoms with Crippen LogP contribution in [-0.4, -0.2) is 57.1 Å². The lowest BCUT2D eigenvalue weighted by Gasteiger charge is -2.22. The molecule has 1 aliphatic rings. The lowest BCUT2D eigenvalue weighted by atomic mass is 9.98. The van der Waals surface area contributed by atoms with Crippen LogP contribution in [0, 0.1) is 5.82 Å². The first kappa shape index (κ1) is 21.1. The smallest absolute Gasteiger partial charge is 0.193 e. The molecule has 2 aromatic rings. The first-order valence-corrected chi connectivity index (χ1v) is 10.0. The van der Waals surface area contributed by atoms with Gasteiger partial charge in [0.05, 0.1) is 7.11 Å². The van der Waals surface area contributed by atoms with Gasteiger partial charge in [-0.1, -0.05) is 18.2 Å². The van der Waals surface area contributed by atoms with Crippen molar-refractivity contribution < 1.29 is 9.13 Å². The molecule has 0 bridgehead atoms. The number of methoxy groups -OCH3 is 1. The molecule has 0 amide bonds. The Hall–Kier alpha value is -2.60. The second-order valence-corrected chi connectivity index (χ2v) is 7.77. The van der Waals surface area contributed by atoms with Crippen LogP contribution in [0.5, 0.6) is 5.75 Å². The fourth-order valence-electron chi connectivity index (χ4n) is 3.81. The standard InChI is InChI=1S/C23H31FN4O/c1-25-23(26-14-17-5-10-22(24)20(13-17)15-27(2)3)28-12-11-19(16-28)18-6-8-21(29-4)9-7-18/h5-10,13,19H,11-12,14-16H2,1-4H3,(H,25,26). The molecule has 2 aromatic carbocycles. The zero-order chi connectivity index (χ0) is 20.8. The number of nitrogens with one attached hydrogen (secondary N) is 1. The summed E-state index contributed by atoms with van der Waals surface area (Å²) in [6.45, 7) is 3.11. The molecule has 156 valence electrons. The van der Waals surface area contributed by atoms with Crippen LogP contribution in [0.2, 0.25) is 0 Å². The van der Waals surface area contributed by atoms with Crippen molar-refractivity contribution in [3.8, 4) is 5.75 Å². The minimum atomic E-state index is -0.159. The second-order valence-electron chi connectivity index (χ2n) is 7.77. The summed E-state index contributed by atoms with van der Waals surface area (Å²) in [6, 6.07) is 13.6. The van der Waals surface area contributed by atoms with Crippen LogP contribution < -0.4 is 10.1 Å². The Labute approximate surface area is 173 Å². The Balaban J connectivity index is 1.59. The number of guanidine groups is 1. The quantitative estimate of drug-likeness (QED) is 0.598. The van der Waals surface area contributed by atoms with Crippen LogP contribution in [0.4, 0.5) is 4.39 Å². The Bertz CT molecular complexity index is 835. The number of halogens is 1. The van der Waals surface area contributed by atoms with Crippen molar-refractivity contribution in [2.75, 3.05) is 41.3 Å². The van der Waals surface area contributed by atoms with Crippen molar-refractivity contribution in [3.05, 3.63) is 65.0 Å². The van der Waals surface area contributed by atoms with Gasteiger partial charge in [0.15, 0.2) is 5.96 Å². The van der Waals surface area contributed by atoms with Gasteiger partial charge in [0.1, 0.15) is 11.6 Å². The largest absolute Gasteiger partial charge is 0.497 e. The van der Waals surface area contributed by atoms with E-state index in [1.807, 2.05) is 50.3 Å². The summed E-state index contributed by atoms with van der Waals surface area (Å²) < 4.78 is 19.3. The van der Waals surface area contributed by atoms with E-state index in [1.54, 1.807) is 13.2 Å². The van der Waals surface area contributed by atoms with E-state index in [4.69, 9.17) is 4.74 Å². The maximum Gasteiger partial charge on any atom is 0.193 e. The third-order valence-electron chi connectivity index (χ3n) is 5.33. The highest BCUT2D eigenvalue weighted by molar-refractivity contribution is 5.80. The molecule has 6 heteroatoms. The van der Waals surface area contributed by atoms with Crippen LogP contribution in [0.15, 0.2) is 47.5 Å². The third-order valence-corrected chi connectivity index (χ3v) is 5.33. The summed E-state index contributed by atoms with van der Waals surface area (Å²) >= 11 is 0. The average Bonchev–Trinajstić information content (AvgIpc) is 3.20. The normalized spacial score (nSPS) is 17.1. The molecule has 1 unspecified atom stereocenters. The molecular formula is C23H31FN4O. The highest BCUT2D eigenvalue weighted by Crippen LogP contribution is 2.28. The number of nitrogens with zero attached hydrogens (tertiary/aromatic N) is 3. The zero-order valence-electron chi connectivity index (χ0n) is 17.8. The molecule has 0 saturated carbocycles. The molecule has 29 heavy (non-hydrogen) atoms. The zero-order valence-corrected chi connectivity index (χ0v) is 17.8. The topological polar surface area (TPSA) is 40.1 Å². The van der Waals surface area contributed by atoms with Crippen LogP contribution in [0.3, 0.4) is 0 Å². The van der Waals surface area contributed by atoms with Gasteiger partial charge in [-0.25, -0.2) is 4.39 Å². The van der Waals surface area contributed by atoms with E-state index in [0.717, 1.165) is 36.8 Å². The number of rotatable bonds is 6. The maximum atomic E-state index is 14.0. The summed E-state index contributed by atoms with van der Waals surface area (Å²) in [6.07, 6.45) is 1.09. The SMILES string of the molecule is CN=C(NCc1ccc(F)c(CN(C)C)c1)N1CCC(c2ccc(OC)cc2)C1. The van der Waals surface area contributed by atoms with Crippen molar-refractivity contribution in [1.82, 2.24) is 15.1 Å². The molecule has 0 spiro atoms. The number of aliphatic imine (C=N–C) groups is 1. The molecule has 1 aliphatic heterocycles. The van der Waals surface area contributed by atoms with Gasteiger partial charge in [0.25, 0.3) is 0 Å². The highest BCUT2D eigenvalue weighted by Gasteiger charge is 2.26. The van der Waals surface area contributed by atoms with E-state index >= 15 is 0 Å². The monoisotopic (exact) mass is 398 g/mol. The molecule has 3 rings (SSSR count). The minimum absolute atomic E-state index is 0.159. The number of likely N-dealkylation sites (tertiary alicyclic amines) is 1. The highest BCUT2D eigenvalue weighted by atomic mass is 19.1. The van der Waals surface area contributed by atoms with Crippen molar-refractivity contribution in [2.24, 2.45) is 4.99 Å². The molecule has 1 saturated heterocycles. The number of benzene rings is 2. The van der Waals surface area contributed by atoms with Gasteiger partial charge < -0.3 is 19.9 Å². The van der Waals surface area contributed by atoms with E-state index in [1.165, 1.54) is 5.56 Å². The van der Waals surface area contributed by atoms with Crippen molar-refractivity contribution >= 4 is 5.96 Å². The number of hydrogen-bond donors (Lipinski definition) is 1. The second kappa shape index (κ2) is 9.74. The van der Waals surface area contributed by atoms with Gasteiger partial charge in [-0.3, -0.25) is 4.99 Å². The van der Waals surface area contributed by atoms with Crippen LogP contribution in [0.25, 0.3) is 0 Å². The van der Waals surface area contributed by atoms with Crippen molar-refractivity contribution in [3.63, 3.8) is 0 Å². The lowest BCUT2D eigenvalue weighted by Crippen LogP contribution is -2.39. The summed E-state index contributed by atoms with van der Waals surface area (Å²) in [5.41, 5.74) is 3.09. The van der Waals surface area contributed by atoms with Crippen LogP contribution in [-0.2, 0) is 13.1 Å². The molecule has 1 atom stereocenters. The van der Waals surface area contributed by atoms with E-state index in [-0.39, 0.29) is 5.82 Å². The van der Waals surface area contributed by atoms with E-state index < -0.39 is 0 Å². The number of ether oxygens (including phenoxy) is 1. The van der Waals surface area contributed by atoms with Gasteiger partial charge in [-0.05, 0) is 55.9 Å². The summed E-state index contributed by atoms with van der Waals surface area (Å²) in [5.74, 6) is 2.10. The summed E-state index contributed by atoms with van der Waals surface area (Å²) in [7, 11) is 7.38. The van der Waals surface area contributed by atoms with Crippen molar-refractivity contribution in [1.29, 1.82) is 0 Å². The maximum absolute atomic E-state index is 14.0. The molecule has 1 N–H and O–H groups in total. The average molecular weight is 399 g/mol. The molecule has 5 nitrogen and oxygen atoms in total. The van der Waals surface area contributed by atoms with E-state index in [9.17, 15) is 4.39 Å². The molecule has 1 heterocycles. The minimum Gasteiger partial charge on any atom is -0.497 e. The third kappa shape index (κ3) is 5.48. The van der Waals surface area contributed by atoms with E-state index in [2.05, 4.69) is 27.3 Å². The van der Waals surface area contributed by atoms with Gasteiger partial charge in [-0.15, -0.1) is 0 Å². The predicted molar refractivity (Wildman–Crippen MR) is 116 cm³/mol. The molecule has 0 radical (unpaired) electrons. The number of hydrogen-bond acceptors (Lipinski definition) is 3. The van der Waals surface area contributed by atoms with Gasteiger partial charge >= 0.3 is 0 Å². The Kier molecular flexibility index (Phi) is 7.09. The molecule has 1 fully saturated rings. The Morgan fingerprint density at radius 1 is 1.24 bits per heavy atom. The van der Waals surface area contributed by atoms with Gasteiger partial charge in [0, 0.05) is 44.7 Å². The van der Waals surface area contributed by atoms with Crippen molar-refractivity contribution in [2.45, 2.75) is 25.4 Å². The van der Waals surface area contributed by atoms with Crippen LogP contribution in [0.1, 0.15) is 29.0 Å². The van der Waals surface area contributed by atoms with Gasteiger partial charge in [-0.2, -0.15) is 0 Å². The van der Waals surface area contributed by atoms with Crippen LogP contribution >= 0.6 is 0 Å².